The maximum Gasteiger partial charge on any atom is 0.304 e. The summed E-state index contributed by atoms with van der Waals surface area (Å²) in [5.41, 5.74) is 1.50. The van der Waals surface area contributed by atoms with Crippen LogP contribution in [0, 0.1) is 18.3 Å². The first-order valence-corrected chi connectivity index (χ1v) is 6.77. The molecule has 6 nitrogen and oxygen atoms in total. The third-order valence-corrected chi connectivity index (χ3v) is 3.84. The van der Waals surface area contributed by atoms with Crippen molar-refractivity contribution in [3.63, 3.8) is 0 Å². The smallest absolute Gasteiger partial charge is 0.304 e. The van der Waals surface area contributed by atoms with E-state index in [1.807, 2.05) is 16.7 Å². The van der Waals surface area contributed by atoms with Crippen LogP contribution in [0.4, 0.5) is 0 Å². The Morgan fingerprint density at radius 3 is 3.16 bits per heavy atom. The number of hydrogen-bond donors (Lipinski definition) is 2. The average Bonchev–Trinajstić information content (AvgIpc) is 2.85. The van der Waals surface area contributed by atoms with Crippen LogP contribution in [0.1, 0.15) is 23.9 Å². The van der Waals surface area contributed by atoms with Gasteiger partial charge in [0.2, 0.25) is 0 Å². The molecule has 0 saturated carbocycles. The normalized spacial score (nSPS) is 12.5. The molecule has 0 aromatic carbocycles. The highest BCUT2D eigenvalue weighted by atomic mass is 35.5. The zero-order chi connectivity index (χ0) is 14.0. The number of rotatable bonds is 5. The molecule has 1 atom stereocenters. The van der Waals surface area contributed by atoms with Crippen molar-refractivity contribution in [2.45, 2.75) is 19.4 Å². The summed E-state index contributed by atoms with van der Waals surface area (Å²) in [5, 5.41) is 22.9. The minimum Gasteiger partial charge on any atom is -0.481 e. The number of fused-ring (bicyclic) bond motifs is 1. The molecule has 0 bridgehead atoms. The number of nitriles is 1. The van der Waals surface area contributed by atoms with Gasteiger partial charge < -0.3 is 5.11 Å². The van der Waals surface area contributed by atoms with Crippen molar-refractivity contribution in [2.75, 3.05) is 6.54 Å². The number of aliphatic carboxylic acids is 1. The molecule has 0 aliphatic heterocycles. The van der Waals surface area contributed by atoms with Gasteiger partial charge in [-0.05, 0) is 6.92 Å². The van der Waals surface area contributed by atoms with Crippen LogP contribution in [0.5, 0.6) is 0 Å². The Kier molecular flexibility index (Phi) is 4.04. The fraction of sp³-hybridized carbons (Fsp3) is 0.364. The molecule has 2 rings (SSSR count). The van der Waals surface area contributed by atoms with Gasteiger partial charge in [0, 0.05) is 17.6 Å². The largest absolute Gasteiger partial charge is 0.481 e. The first-order chi connectivity index (χ1) is 9.04. The number of aromatic nitrogens is 2. The monoisotopic (exact) mass is 298 g/mol. The van der Waals surface area contributed by atoms with Crippen molar-refractivity contribution in [1.29, 1.82) is 5.26 Å². The standard InChI is InChI=1S/C11H11ClN4O2S/c1-6-5-19-11-15-10(12)9(16(6)11)7(4-13)14-3-2-8(17)18/h5,7,14H,2-3H2,1H3,(H,17,18). The van der Waals surface area contributed by atoms with E-state index in [0.717, 1.165) is 10.7 Å². The van der Waals surface area contributed by atoms with Gasteiger partial charge in [0.15, 0.2) is 10.1 Å². The maximum absolute atomic E-state index is 10.5. The summed E-state index contributed by atoms with van der Waals surface area (Å²) >= 11 is 7.50. The third kappa shape index (κ3) is 2.71. The molecule has 0 amide bonds. The SMILES string of the molecule is Cc1csc2nc(Cl)c(C(C#N)NCCC(=O)O)n12. The van der Waals surface area contributed by atoms with E-state index >= 15 is 0 Å². The second kappa shape index (κ2) is 5.57. The van der Waals surface area contributed by atoms with Gasteiger partial charge in [-0.2, -0.15) is 5.26 Å². The van der Waals surface area contributed by atoms with Gasteiger partial charge in [-0.3, -0.25) is 14.5 Å². The third-order valence-electron chi connectivity index (χ3n) is 2.61. The minimum atomic E-state index is -0.916. The minimum absolute atomic E-state index is 0.0552. The number of halogens is 1. The molecule has 0 fully saturated rings. The van der Waals surface area contributed by atoms with Gasteiger partial charge in [-0.25, -0.2) is 4.98 Å². The number of carboxylic acid groups (broad SMARTS) is 1. The van der Waals surface area contributed by atoms with Gasteiger partial charge in [-0.15, -0.1) is 11.3 Å². The first kappa shape index (κ1) is 13.8. The summed E-state index contributed by atoms with van der Waals surface area (Å²) < 4.78 is 1.81. The van der Waals surface area contributed by atoms with E-state index in [-0.39, 0.29) is 18.1 Å². The molecule has 2 aromatic rings. The summed E-state index contributed by atoms with van der Waals surface area (Å²) in [6, 6.07) is 1.40. The molecular formula is C11H11ClN4O2S. The van der Waals surface area contributed by atoms with Crippen LogP contribution in [0.25, 0.3) is 4.96 Å². The fourth-order valence-electron chi connectivity index (χ4n) is 1.77. The molecule has 2 N–H and O–H groups in total. The number of aryl methyl sites for hydroxylation is 1. The van der Waals surface area contributed by atoms with Gasteiger partial charge in [-0.1, -0.05) is 11.6 Å². The number of thiazole rings is 1. The molecule has 2 heterocycles. The molecule has 0 spiro atoms. The topological polar surface area (TPSA) is 90.4 Å². The molecule has 100 valence electrons. The van der Waals surface area contributed by atoms with Crippen LogP contribution in [0.2, 0.25) is 5.15 Å². The Morgan fingerprint density at radius 1 is 1.79 bits per heavy atom. The number of nitrogens with one attached hydrogen (secondary N) is 1. The molecule has 0 radical (unpaired) electrons. The molecule has 1 unspecified atom stereocenters. The number of hydrogen-bond acceptors (Lipinski definition) is 5. The van der Waals surface area contributed by atoms with Crippen molar-refractivity contribution >= 4 is 33.9 Å². The number of carbonyl (C=O) groups is 1. The van der Waals surface area contributed by atoms with E-state index < -0.39 is 12.0 Å². The van der Waals surface area contributed by atoms with Crippen molar-refractivity contribution in [2.24, 2.45) is 0 Å². The first-order valence-electron chi connectivity index (χ1n) is 5.51. The zero-order valence-electron chi connectivity index (χ0n) is 10.1. The lowest BCUT2D eigenvalue weighted by molar-refractivity contribution is -0.136. The highest BCUT2D eigenvalue weighted by Crippen LogP contribution is 2.28. The maximum atomic E-state index is 10.5. The number of carboxylic acids is 1. The molecular weight excluding hydrogens is 288 g/mol. The van der Waals surface area contributed by atoms with Crippen LogP contribution >= 0.6 is 22.9 Å². The molecule has 0 aliphatic carbocycles. The van der Waals surface area contributed by atoms with Crippen LogP contribution < -0.4 is 5.32 Å². The lowest BCUT2D eigenvalue weighted by Gasteiger charge is -2.11. The highest BCUT2D eigenvalue weighted by Gasteiger charge is 2.22. The van der Waals surface area contributed by atoms with Crippen molar-refractivity contribution in [3.8, 4) is 6.07 Å². The Morgan fingerprint density at radius 2 is 2.53 bits per heavy atom. The molecule has 19 heavy (non-hydrogen) atoms. The highest BCUT2D eigenvalue weighted by molar-refractivity contribution is 7.15. The second-order valence-corrected chi connectivity index (χ2v) is 5.14. The quantitative estimate of drug-likeness (QED) is 0.881. The molecule has 8 heteroatoms. The summed E-state index contributed by atoms with van der Waals surface area (Å²) in [5.74, 6) is -0.916. The van der Waals surface area contributed by atoms with E-state index in [4.69, 9.17) is 16.7 Å². The van der Waals surface area contributed by atoms with E-state index in [9.17, 15) is 10.1 Å². The molecule has 0 saturated heterocycles. The average molecular weight is 299 g/mol. The van der Waals surface area contributed by atoms with E-state index in [1.54, 1.807) is 0 Å². The summed E-state index contributed by atoms with van der Waals surface area (Å²) in [6.07, 6.45) is -0.0552. The lowest BCUT2D eigenvalue weighted by Crippen LogP contribution is -2.24. The summed E-state index contributed by atoms with van der Waals surface area (Å²) in [4.78, 5) is 15.4. The summed E-state index contributed by atoms with van der Waals surface area (Å²) in [7, 11) is 0. The Hall–Kier alpha value is -1.62. The van der Waals surface area contributed by atoms with Crippen molar-refractivity contribution in [3.05, 3.63) is 21.9 Å². The van der Waals surface area contributed by atoms with E-state index in [0.29, 0.717) is 5.69 Å². The van der Waals surface area contributed by atoms with Crippen molar-refractivity contribution < 1.29 is 9.90 Å². The van der Waals surface area contributed by atoms with E-state index in [1.165, 1.54) is 11.3 Å². The summed E-state index contributed by atoms with van der Waals surface area (Å²) in [6.45, 7) is 2.09. The predicted molar refractivity (Wildman–Crippen MR) is 71.4 cm³/mol. The lowest BCUT2D eigenvalue weighted by atomic mass is 10.2. The van der Waals surface area contributed by atoms with Crippen LogP contribution in [0.15, 0.2) is 5.38 Å². The molecule has 2 aromatic heterocycles. The van der Waals surface area contributed by atoms with Crippen molar-refractivity contribution in [1.82, 2.24) is 14.7 Å². The van der Waals surface area contributed by atoms with Crippen LogP contribution in [-0.4, -0.2) is 27.0 Å². The van der Waals surface area contributed by atoms with Gasteiger partial charge in [0.25, 0.3) is 0 Å². The number of imidazole rings is 1. The Bertz CT molecular complexity index is 657. The fourth-order valence-corrected chi connectivity index (χ4v) is 2.97. The van der Waals surface area contributed by atoms with Crippen LogP contribution in [-0.2, 0) is 4.79 Å². The van der Waals surface area contributed by atoms with Gasteiger partial charge in [0.05, 0.1) is 18.2 Å². The Labute approximate surface area is 118 Å². The molecule has 0 aliphatic rings. The number of nitrogens with zero attached hydrogens (tertiary/aromatic N) is 3. The Balaban J connectivity index is 2.30. The van der Waals surface area contributed by atoms with E-state index in [2.05, 4.69) is 16.4 Å². The zero-order valence-corrected chi connectivity index (χ0v) is 11.6. The predicted octanol–water partition coefficient (Wildman–Crippen LogP) is 1.99. The second-order valence-electron chi connectivity index (χ2n) is 3.94. The van der Waals surface area contributed by atoms with Gasteiger partial charge >= 0.3 is 5.97 Å². The van der Waals surface area contributed by atoms with Crippen LogP contribution in [0.3, 0.4) is 0 Å². The van der Waals surface area contributed by atoms with Gasteiger partial charge in [0.1, 0.15) is 6.04 Å².